The molecule has 3 heteroatoms. The van der Waals surface area contributed by atoms with Gasteiger partial charge in [-0.05, 0) is 29.6 Å². The summed E-state index contributed by atoms with van der Waals surface area (Å²) in [6.45, 7) is 6.49. The Hall–Kier alpha value is -0.570. The van der Waals surface area contributed by atoms with E-state index >= 15 is 0 Å². The first-order chi connectivity index (χ1) is 6.37. The van der Waals surface area contributed by atoms with Gasteiger partial charge in [-0.2, -0.15) is 0 Å². The Balaban J connectivity index is 2.27. The molecule has 0 aromatic heterocycles. The van der Waals surface area contributed by atoms with Crippen LogP contribution in [0.15, 0.2) is 0 Å². The molecule has 0 aromatic carbocycles. The molecule has 0 aromatic rings. The fraction of sp³-hybridized carbons (Fsp3) is 0.909. The molecule has 0 heterocycles. The summed E-state index contributed by atoms with van der Waals surface area (Å²) in [5, 5.41) is 9.11. The third-order valence-corrected chi connectivity index (χ3v) is 4.78. The maximum absolute atomic E-state index is 11.1. The minimum Gasteiger partial charge on any atom is -0.481 e. The predicted octanol–water partition coefficient (Wildman–Crippen LogP) is 1.33. The molecule has 5 unspecified atom stereocenters. The highest BCUT2D eigenvalue weighted by Crippen LogP contribution is 2.62. The maximum Gasteiger partial charge on any atom is 0.308 e. The smallest absolute Gasteiger partial charge is 0.308 e. The lowest BCUT2D eigenvalue weighted by molar-refractivity contribution is -0.173. The highest BCUT2D eigenvalue weighted by atomic mass is 16.4. The zero-order chi connectivity index (χ0) is 10.7. The topological polar surface area (TPSA) is 63.3 Å². The SMILES string of the molecule is CC1C(C(=O)O)C(N)C2CC1C2(C)C. The Bertz CT molecular complexity index is 256. The van der Waals surface area contributed by atoms with Gasteiger partial charge in [-0.1, -0.05) is 20.8 Å². The second-order valence-corrected chi connectivity index (χ2v) is 5.57. The third kappa shape index (κ3) is 0.991. The molecule has 14 heavy (non-hydrogen) atoms. The molecule has 3 aliphatic rings. The molecule has 3 nitrogen and oxygen atoms in total. The Morgan fingerprint density at radius 1 is 1.43 bits per heavy atom. The van der Waals surface area contributed by atoms with Gasteiger partial charge in [0.1, 0.15) is 0 Å². The zero-order valence-corrected chi connectivity index (χ0v) is 9.03. The van der Waals surface area contributed by atoms with Crippen LogP contribution < -0.4 is 5.73 Å². The van der Waals surface area contributed by atoms with Gasteiger partial charge in [0.05, 0.1) is 5.92 Å². The molecule has 3 N–H and O–H groups in total. The van der Waals surface area contributed by atoms with Crippen LogP contribution in [0, 0.1) is 29.1 Å². The van der Waals surface area contributed by atoms with E-state index in [0.29, 0.717) is 11.8 Å². The number of rotatable bonds is 1. The van der Waals surface area contributed by atoms with Gasteiger partial charge >= 0.3 is 5.97 Å². The zero-order valence-electron chi connectivity index (χ0n) is 9.03. The van der Waals surface area contributed by atoms with Crippen LogP contribution in [0.1, 0.15) is 27.2 Å². The van der Waals surface area contributed by atoms with Crippen molar-refractivity contribution in [2.75, 3.05) is 0 Å². The van der Waals surface area contributed by atoms with Crippen LogP contribution in [0.3, 0.4) is 0 Å². The molecule has 80 valence electrons. The Morgan fingerprint density at radius 3 is 2.36 bits per heavy atom. The van der Waals surface area contributed by atoms with Gasteiger partial charge in [-0.25, -0.2) is 0 Å². The first kappa shape index (κ1) is 9.97. The fourth-order valence-corrected chi connectivity index (χ4v) is 3.78. The summed E-state index contributed by atoms with van der Waals surface area (Å²) in [6.07, 6.45) is 1.12. The van der Waals surface area contributed by atoms with Crippen LogP contribution in [-0.2, 0) is 4.79 Å². The maximum atomic E-state index is 11.1. The highest BCUT2D eigenvalue weighted by molar-refractivity contribution is 5.72. The van der Waals surface area contributed by atoms with Crippen molar-refractivity contribution in [3.05, 3.63) is 0 Å². The van der Waals surface area contributed by atoms with Crippen molar-refractivity contribution >= 4 is 5.97 Å². The van der Waals surface area contributed by atoms with E-state index in [1.54, 1.807) is 0 Å². The van der Waals surface area contributed by atoms with E-state index in [1.807, 2.05) is 6.92 Å². The number of hydrogen-bond donors (Lipinski definition) is 2. The summed E-state index contributed by atoms with van der Waals surface area (Å²) in [7, 11) is 0. The van der Waals surface area contributed by atoms with Crippen molar-refractivity contribution in [1.29, 1.82) is 0 Å². The van der Waals surface area contributed by atoms with E-state index in [4.69, 9.17) is 10.8 Å². The summed E-state index contributed by atoms with van der Waals surface area (Å²) in [4.78, 5) is 11.1. The van der Waals surface area contributed by atoms with E-state index in [-0.39, 0.29) is 23.3 Å². The van der Waals surface area contributed by atoms with Crippen LogP contribution >= 0.6 is 0 Å². The minimum absolute atomic E-state index is 0.150. The van der Waals surface area contributed by atoms with Crippen molar-refractivity contribution in [2.24, 2.45) is 34.8 Å². The molecule has 3 saturated carbocycles. The lowest BCUT2D eigenvalue weighted by Gasteiger charge is -2.63. The average molecular weight is 197 g/mol. The Morgan fingerprint density at radius 2 is 2.00 bits per heavy atom. The van der Waals surface area contributed by atoms with Gasteiger partial charge in [0.15, 0.2) is 0 Å². The van der Waals surface area contributed by atoms with Gasteiger partial charge < -0.3 is 10.8 Å². The van der Waals surface area contributed by atoms with Gasteiger partial charge in [0.2, 0.25) is 0 Å². The molecule has 3 aliphatic carbocycles. The van der Waals surface area contributed by atoms with Gasteiger partial charge in [-0.3, -0.25) is 4.79 Å². The molecule has 0 aliphatic heterocycles. The standard InChI is InChI=1S/C11H19NO2/c1-5-6-4-7(11(6,2)3)9(12)8(5)10(13)14/h5-9H,4,12H2,1-3H3,(H,13,14). The van der Waals surface area contributed by atoms with Gasteiger partial charge in [-0.15, -0.1) is 0 Å². The Kier molecular flexibility index (Phi) is 1.94. The molecule has 2 bridgehead atoms. The van der Waals surface area contributed by atoms with E-state index < -0.39 is 5.97 Å². The van der Waals surface area contributed by atoms with Crippen LogP contribution in [-0.4, -0.2) is 17.1 Å². The van der Waals surface area contributed by atoms with Crippen LogP contribution in [0.2, 0.25) is 0 Å². The second kappa shape index (κ2) is 2.72. The van der Waals surface area contributed by atoms with Crippen molar-refractivity contribution < 1.29 is 9.90 Å². The largest absolute Gasteiger partial charge is 0.481 e. The molecular weight excluding hydrogens is 178 g/mol. The van der Waals surface area contributed by atoms with Gasteiger partial charge in [0, 0.05) is 6.04 Å². The number of carboxylic acids is 1. The molecule has 5 atom stereocenters. The van der Waals surface area contributed by atoms with E-state index in [0.717, 1.165) is 6.42 Å². The fourth-order valence-electron chi connectivity index (χ4n) is 3.78. The van der Waals surface area contributed by atoms with Crippen molar-refractivity contribution in [2.45, 2.75) is 33.2 Å². The number of fused-ring (bicyclic) bond motifs is 2. The third-order valence-electron chi connectivity index (χ3n) is 4.78. The van der Waals surface area contributed by atoms with Crippen molar-refractivity contribution in [1.82, 2.24) is 0 Å². The molecule has 3 rings (SSSR count). The monoisotopic (exact) mass is 197 g/mol. The van der Waals surface area contributed by atoms with Crippen LogP contribution in [0.25, 0.3) is 0 Å². The molecule has 0 saturated heterocycles. The van der Waals surface area contributed by atoms with Crippen LogP contribution in [0.4, 0.5) is 0 Å². The number of nitrogens with two attached hydrogens (primary N) is 1. The lowest BCUT2D eigenvalue weighted by Crippen LogP contribution is -2.66. The summed E-state index contributed by atoms with van der Waals surface area (Å²) < 4.78 is 0. The molecule has 3 fully saturated rings. The molecule has 0 radical (unpaired) electrons. The normalized spacial score (nSPS) is 49.6. The highest BCUT2D eigenvalue weighted by Gasteiger charge is 2.61. The Labute approximate surface area is 84.7 Å². The summed E-state index contributed by atoms with van der Waals surface area (Å²) in [6, 6.07) is -0.150. The van der Waals surface area contributed by atoms with Crippen LogP contribution in [0.5, 0.6) is 0 Å². The summed E-state index contributed by atoms with van der Waals surface area (Å²) >= 11 is 0. The predicted molar refractivity (Wildman–Crippen MR) is 53.6 cm³/mol. The number of carbonyl (C=O) groups is 1. The second-order valence-electron chi connectivity index (χ2n) is 5.57. The molecule has 0 amide bonds. The number of aliphatic carboxylic acids is 1. The van der Waals surface area contributed by atoms with Crippen molar-refractivity contribution in [3.8, 4) is 0 Å². The molecule has 0 spiro atoms. The first-order valence-corrected chi connectivity index (χ1v) is 5.35. The summed E-state index contributed by atoms with van der Waals surface area (Å²) in [5.41, 5.74) is 6.30. The quantitative estimate of drug-likeness (QED) is 0.666. The first-order valence-electron chi connectivity index (χ1n) is 5.35. The lowest BCUT2D eigenvalue weighted by atomic mass is 9.42. The van der Waals surface area contributed by atoms with E-state index in [9.17, 15) is 4.79 Å². The van der Waals surface area contributed by atoms with Gasteiger partial charge in [0.25, 0.3) is 0 Å². The van der Waals surface area contributed by atoms with E-state index in [2.05, 4.69) is 13.8 Å². The van der Waals surface area contributed by atoms with E-state index in [1.165, 1.54) is 0 Å². The molecular formula is C11H19NO2. The number of hydrogen-bond acceptors (Lipinski definition) is 2. The number of carboxylic acid groups (broad SMARTS) is 1. The minimum atomic E-state index is -0.713. The average Bonchev–Trinajstić information content (AvgIpc) is 2.00. The van der Waals surface area contributed by atoms with Crippen molar-refractivity contribution in [3.63, 3.8) is 0 Å². The summed E-state index contributed by atoms with van der Waals surface area (Å²) in [5.74, 6) is 0.141.